The third kappa shape index (κ3) is 3.75. The van der Waals surface area contributed by atoms with Crippen LogP contribution >= 0.6 is 11.3 Å². The summed E-state index contributed by atoms with van der Waals surface area (Å²) in [4.78, 5) is 41.6. The molecule has 3 aromatic rings. The van der Waals surface area contributed by atoms with Crippen LogP contribution in [0.4, 0.5) is 0 Å². The summed E-state index contributed by atoms with van der Waals surface area (Å²) in [6.07, 6.45) is 0.800. The van der Waals surface area contributed by atoms with Crippen LogP contribution in [0.1, 0.15) is 21.7 Å². The van der Waals surface area contributed by atoms with Gasteiger partial charge < -0.3 is 15.0 Å². The Labute approximate surface area is 183 Å². The van der Waals surface area contributed by atoms with Crippen LogP contribution in [0.25, 0.3) is 10.8 Å². The highest BCUT2D eigenvalue weighted by molar-refractivity contribution is 7.09. The Morgan fingerprint density at radius 2 is 1.97 bits per heavy atom. The molecule has 0 aliphatic carbocycles. The van der Waals surface area contributed by atoms with Crippen LogP contribution < -0.4 is 5.32 Å². The normalized spacial score (nSPS) is 21.3. The first-order valence-corrected chi connectivity index (χ1v) is 11.3. The van der Waals surface area contributed by atoms with Gasteiger partial charge in [-0.15, -0.1) is 11.3 Å². The summed E-state index contributed by atoms with van der Waals surface area (Å²) in [5, 5.41) is 6.71. The smallest absolute Gasteiger partial charge is 0.252 e. The molecule has 3 atom stereocenters. The highest BCUT2D eigenvalue weighted by Gasteiger charge is 2.48. The lowest BCUT2D eigenvalue weighted by Crippen LogP contribution is -2.53. The van der Waals surface area contributed by atoms with Crippen molar-refractivity contribution in [1.29, 1.82) is 0 Å². The van der Waals surface area contributed by atoms with Gasteiger partial charge in [-0.25, -0.2) is 0 Å². The quantitative estimate of drug-likeness (QED) is 0.670. The van der Waals surface area contributed by atoms with E-state index in [9.17, 15) is 14.4 Å². The van der Waals surface area contributed by atoms with Gasteiger partial charge in [-0.1, -0.05) is 42.5 Å². The van der Waals surface area contributed by atoms with Crippen molar-refractivity contribution in [2.24, 2.45) is 0 Å². The second kappa shape index (κ2) is 8.24. The molecule has 5 rings (SSSR count). The maximum absolute atomic E-state index is 13.5. The number of hydrogen-bond acceptors (Lipinski definition) is 5. The summed E-state index contributed by atoms with van der Waals surface area (Å²) in [7, 11) is 0. The van der Waals surface area contributed by atoms with E-state index in [1.165, 1.54) is 0 Å². The summed E-state index contributed by atoms with van der Waals surface area (Å²) in [5.74, 6) is -0.587. The van der Waals surface area contributed by atoms with E-state index in [2.05, 4.69) is 5.32 Å². The maximum Gasteiger partial charge on any atom is 0.252 e. The molecule has 0 radical (unpaired) electrons. The highest BCUT2D eigenvalue weighted by atomic mass is 32.1. The fourth-order valence-electron chi connectivity index (χ4n) is 4.53. The lowest BCUT2D eigenvalue weighted by molar-refractivity contribution is -0.138. The van der Waals surface area contributed by atoms with Gasteiger partial charge >= 0.3 is 0 Å². The highest BCUT2D eigenvalue weighted by Crippen LogP contribution is 2.28. The molecule has 3 unspecified atom stereocenters. The average molecular weight is 435 g/mol. The Bertz CT molecular complexity index is 1140. The summed E-state index contributed by atoms with van der Waals surface area (Å²) in [5.41, 5.74) is 0.529. The summed E-state index contributed by atoms with van der Waals surface area (Å²) >= 11 is 1.54. The molecular weight excluding hydrogens is 412 g/mol. The van der Waals surface area contributed by atoms with E-state index >= 15 is 0 Å². The van der Waals surface area contributed by atoms with Crippen molar-refractivity contribution in [2.45, 2.75) is 31.0 Å². The van der Waals surface area contributed by atoms with Gasteiger partial charge in [0.1, 0.15) is 18.7 Å². The van der Waals surface area contributed by atoms with Gasteiger partial charge in [0, 0.05) is 23.4 Å². The van der Waals surface area contributed by atoms with Gasteiger partial charge in [-0.3, -0.25) is 14.4 Å². The van der Waals surface area contributed by atoms with E-state index in [1.807, 2.05) is 53.9 Å². The van der Waals surface area contributed by atoms with Crippen molar-refractivity contribution in [3.63, 3.8) is 0 Å². The number of carbonyl (C=O) groups is 3. The molecule has 7 heteroatoms. The first-order valence-electron chi connectivity index (χ1n) is 10.4. The molecule has 1 aromatic heterocycles. The predicted molar refractivity (Wildman–Crippen MR) is 118 cm³/mol. The second-order valence-corrected chi connectivity index (χ2v) is 8.95. The minimum Gasteiger partial charge on any atom is -0.368 e. The Morgan fingerprint density at radius 3 is 2.81 bits per heavy atom. The van der Waals surface area contributed by atoms with Gasteiger partial charge in [0.2, 0.25) is 5.91 Å². The van der Waals surface area contributed by atoms with Crippen molar-refractivity contribution in [3.8, 4) is 0 Å². The van der Waals surface area contributed by atoms with E-state index in [-0.39, 0.29) is 30.3 Å². The molecular formula is C24H22N2O4S. The summed E-state index contributed by atoms with van der Waals surface area (Å²) < 4.78 is 5.53. The van der Waals surface area contributed by atoms with Crippen molar-refractivity contribution >= 4 is 39.7 Å². The number of hydrogen-bond donors (Lipinski definition) is 1. The molecule has 2 aliphatic heterocycles. The zero-order valence-corrected chi connectivity index (χ0v) is 17.6. The van der Waals surface area contributed by atoms with Crippen molar-refractivity contribution in [1.82, 2.24) is 10.2 Å². The number of carbonyl (C=O) groups excluding carboxylic acids is 3. The molecule has 2 aliphatic rings. The fraction of sp³-hybridized carbons (Fsp3) is 0.292. The number of fused-ring (bicyclic) bond motifs is 2. The van der Waals surface area contributed by atoms with E-state index in [4.69, 9.17) is 4.74 Å². The van der Waals surface area contributed by atoms with Gasteiger partial charge in [0.15, 0.2) is 5.78 Å². The largest absolute Gasteiger partial charge is 0.368 e. The Morgan fingerprint density at radius 1 is 1.13 bits per heavy atom. The Kier molecular flexibility index (Phi) is 5.29. The topological polar surface area (TPSA) is 75.7 Å². The summed E-state index contributed by atoms with van der Waals surface area (Å²) in [6.45, 7) is 0.516. The lowest BCUT2D eigenvalue weighted by atomic mass is 10.0. The molecule has 0 bridgehead atoms. The molecule has 0 spiro atoms. The number of Topliss-reactive ketones (excluding diaryl/α,β-unsaturated/α-hetero) is 1. The molecule has 31 heavy (non-hydrogen) atoms. The van der Waals surface area contributed by atoms with Crippen molar-refractivity contribution in [2.75, 3.05) is 13.2 Å². The fourth-order valence-corrected chi connectivity index (χ4v) is 5.28. The van der Waals surface area contributed by atoms with Gasteiger partial charge in [-0.2, -0.15) is 0 Å². The molecule has 1 N–H and O–H groups in total. The number of nitrogens with zero attached hydrogens (tertiary/aromatic N) is 1. The van der Waals surface area contributed by atoms with Crippen LogP contribution in [0.5, 0.6) is 0 Å². The minimum absolute atomic E-state index is 0.0526. The van der Waals surface area contributed by atoms with Gasteiger partial charge in [0.25, 0.3) is 5.91 Å². The van der Waals surface area contributed by atoms with Crippen molar-refractivity contribution < 1.29 is 19.1 Å². The zero-order chi connectivity index (χ0) is 21.4. The number of rotatable bonds is 5. The molecule has 3 heterocycles. The van der Waals surface area contributed by atoms with E-state index in [0.29, 0.717) is 24.9 Å². The van der Waals surface area contributed by atoms with Crippen molar-refractivity contribution in [3.05, 3.63) is 70.4 Å². The number of likely N-dealkylation sites (tertiary alicyclic amines) is 1. The Balaban J connectivity index is 1.43. The molecule has 158 valence electrons. The first kappa shape index (κ1) is 19.9. The molecule has 0 saturated carbocycles. The number of benzene rings is 2. The van der Waals surface area contributed by atoms with Crippen LogP contribution in [0.15, 0.2) is 60.0 Å². The predicted octanol–water partition coefficient (Wildman–Crippen LogP) is 2.81. The van der Waals surface area contributed by atoms with Crippen LogP contribution in [-0.4, -0.2) is 53.8 Å². The number of nitrogens with one attached hydrogen (secondary N) is 1. The van der Waals surface area contributed by atoms with Crippen LogP contribution in [0, 0.1) is 0 Å². The maximum atomic E-state index is 13.5. The monoisotopic (exact) mass is 434 g/mol. The van der Waals surface area contributed by atoms with Gasteiger partial charge in [-0.05, 0) is 34.7 Å². The van der Waals surface area contributed by atoms with E-state index < -0.39 is 12.1 Å². The SMILES string of the molecule is O=C(NC(Cc1cccs1)C(=O)N1CCC2OCC(=O)C21)c1cccc2ccccc12. The number of ketones is 1. The Hall–Kier alpha value is -3.03. The number of ether oxygens (including phenoxy) is 1. The van der Waals surface area contributed by atoms with Gasteiger partial charge in [0.05, 0.1) is 6.10 Å². The van der Waals surface area contributed by atoms with Crippen LogP contribution in [0.2, 0.25) is 0 Å². The minimum atomic E-state index is -0.753. The van der Waals surface area contributed by atoms with E-state index in [1.54, 1.807) is 22.3 Å². The number of thiophene rings is 1. The first-order chi connectivity index (χ1) is 15.1. The second-order valence-electron chi connectivity index (χ2n) is 7.92. The summed E-state index contributed by atoms with van der Waals surface area (Å²) in [6, 6.07) is 15.8. The van der Waals surface area contributed by atoms with Crippen LogP contribution in [-0.2, 0) is 20.7 Å². The molecule has 6 nitrogen and oxygen atoms in total. The van der Waals surface area contributed by atoms with E-state index in [0.717, 1.165) is 15.6 Å². The molecule has 2 aromatic carbocycles. The average Bonchev–Trinajstić information content (AvgIpc) is 3.52. The molecule has 2 fully saturated rings. The third-order valence-corrected chi connectivity index (χ3v) is 6.92. The zero-order valence-electron chi connectivity index (χ0n) is 16.8. The molecule has 2 saturated heterocycles. The number of amides is 2. The third-order valence-electron chi connectivity index (χ3n) is 6.02. The van der Waals surface area contributed by atoms with Crippen LogP contribution in [0.3, 0.4) is 0 Å². The standard InChI is InChI=1S/C24H22N2O4S/c27-20-14-30-21-10-11-26(22(20)21)24(29)19(13-16-7-4-12-31-16)25-23(28)18-9-3-6-15-5-1-2-8-17(15)18/h1-9,12,19,21-22H,10-11,13-14H2,(H,25,28). The molecule has 2 amide bonds. The lowest BCUT2D eigenvalue weighted by Gasteiger charge is -2.27.